The Morgan fingerprint density at radius 3 is 2.27 bits per heavy atom. The van der Waals surface area contributed by atoms with Crippen LogP contribution >= 0.6 is 0 Å². The Balaban J connectivity index is 4.41. The number of hydrogen-bond donors (Lipinski definition) is 2. The fourth-order valence-electron chi connectivity index (χ4n) is 1.14. The predicted molar refractivity (Wildman–Crippen MR) is 57.6 cm³/mol. The van der Waals surface area contributed by atoms with Gasteiger partial charge in [-0.3, -0.25) is 9.59 Å². The molecule has 1 amide bonds. The molecule has 0 unspecified atom stereocenters. The van der Waals surface area contributed by atoms with Crippen LogP contribution in [-0.2, 0) is 9.59 Å². The summed E-state index contributed by atoms with van der Waals surface area (Å²) in [6.45, 7) is 6.18. The monoisotopic (exact) mass is 216 g/mol. The summed E-state index contributed by atoms with van der Waals surface area (Å²) in [5, 5.41) is 11.5. The predicted octanol–water partition coefficient (Wildman–Crippen LogP) is 0.308. The maximum atomic E-state index is 11.9. The number of hydrogen-bond acceptors (Lipinski definition) is 3. The number of carboxylic acid groups (broad SMARTS) is 1. The van der Waals surface area contributed by atoms with Gasteiger partial charge in [-0.05, 0) is 27.8 Å². The molecular weight excluding hydrogens is 196 g/mol. The minimum absolute atomic E-state index is 0.0145. The molecule has 88 valence electrons. The van der Waals surface area contributed by atoms with Gasteiger partial charge in [0, 0.05) is 13.1 Å². The molecule has 0 aliphatic carbocycles. The number of rotatable bonds is 6. The zero-order valence-corrected chi connectivity index (χ0v) is 9.83. The highest BCUT2D eigenvalue weighted by atomic mass is 16.4. The molecule has 0 radical (unpaired) electrons. The number of likely N-dealkylation sites (N-methyl/N-ethyl adjacent to an activating group) is 2. The molecule has 0 atom stereocenters. The van der Waals surface area contributed by atoms with Crippen LogP contribution in [0.4, 0.5) is 0 Å². The lowest BCUT2D eigenvalue weighted by molar-refractivity contribution is -0.140. The van der Waals surface area contributed by atoms with E-state index in [1.54, 1.807) is 25.8 Å². The van der Waals surface area contributed by atoms with E-state index in [1.165, 1.54) is 0 Å². The smallest absolute Gasteiger partial charge is 0.305 e. The second-order valence-electron chi connectivity index (χ2n) is 3.90. The number of carbonyl (C=O) groups excluding carboxylic acids is 1. The third kappa shape index (κ3) is 4.29. The number of nitrogens with one attached hydrogen (secondary N) is 1. The molecular formula is C10H20N2O3. The van der Waals surface area contributed by atoms with Gasteiger partial charge in [0.2, 0.25) is 5.91 Å². The van der Waals surface area contributed by atoms with E-state index in [9.17, 15) is 9.59 Å². The highest BCUT2D eigenvalue weighted by molar-refractivity contribution is 5.85. The van der Waals surface area contributed by atoms with Crippen molar-refractivity contribution < 1.29 is 14.7 Å². The molecule has 0 saturated heterocycles. The summed E-state index contributed by atoms with van der Waals surface area (Å²) < 4.78 is 0. The van der Waals surface area contributed by atoms with Crippen LogP contribution in [0.25, 0.3) is 0 Å². The largest absolute Gasteiger partial charge is 0.481 e. The van der Waals surface area contributed by atoms with Crippen LogP contribution in [0.5, 0.6) is 0 Å². The first kappa shape index (κ1) is 13.9. The summed E-state index contributed by atoms with van der Waals surface area (Å²) in [6.07, 6.45) is -0.0145. The third-order valence-corrected chi connectivity index (χ3v) is 2.42. The molecule has 5 nitrogen and oxygen atoms in total. The Hall–Kier alpha value is -1.10. The molecule has 0 aromatic rings. The molecule has 0 saturated carbocycles. The first-order valence-corrected chi connectivity index (χ1v) is 5.05. The molecule has 5 heteroatoms. The summed E-state index contributed by atoms with van der Waals surface area (Å²) in [7, 11) is 1.71. The van der Waals surface area contributed by atoms with E-state index < -0.39 is 11.5 Å². The highest BCUT2D eigenvalue weighted by Crippen LogP contribution is 2.07. The van der Waals surface area contributed by atoms with Crippen LogP contribution in [0, 0.1) is 0 Å². The van der Waals surface area contributed by atoms with E-state index in [-0.39, 0.29) is 18.9 Å². The first-order valence-electron chi connectivity index (χ1n) is 5.05. The van der Waals surface area contributed by atoms with Crippen molar-refractivity contribution in [2.75, 3.05) is 20.1 Å². The lowest BCUT2D eigenvalue weighted by Gasteiger charge is -2.30. The lowest BCUT2D eigenvalue weighted by Crippen LogP contribution is -2.53. The van der Waals surface area contributed by atoms with E-state index in [0.29, 0.717) is 6.54 Å². The molecule has 0 heterocycles. The molecule has 2 N–H and O–H groups in total. The van der Waals surface area contributed by atoms with Crippen molar-refractivity contribution in [3.63, 3.8) is 0 Å². The second kappa shape index (κ2) is 5.70. The number of carboxylic acids is 1. The van der Waals surface area contributed by atoms with Crippen LogP contribution in [0.3, 0.4) is 0 Å². The third-order valence-electron chi connectivity index (χ3n) is 2.42. The summed E-state index contributed by atoms with van der Waals surface area (Å²) in [5.74, 6) is -0.961. The van der Waals surface area contributed by atoms with Crippen LogP contribution in [0.1, 0.15) is 27.2 Å². The van der Waals surface area contributed by atoms with Gasteiger partial charge >= 0.3 is 5.97 Å². The Morgan fingerprint density at radius 2 is 1.93 bits per heavy atom. The summed E-state index contributed by atoms with van der Waals surface area (Å²) in [5.41, 5.74) is -0.644. The van der Waals surface area contributed by atoms with Crippen LogP contribution in [-0.4, -0.2) is 47.6 Å². The minimum atomic E-state index is -0.886. The van der Waals surface area contributed by atoms with Gasteiger partial charge in [-0.25, -0.2) is 0 Å². The van der Waals surface area contributed by atoms with Gasteiger partial charge in [-0.1, -0.05) is 0 Å². The van der Waals surface area contributed by atoms with E-state index in [1.807, 2.05) is 6.92 Å². The SMILES string of the molecule is CCN(CCC(=O)O)C(=O)C(C)(C)NC. The molecule has 0 spiro atoms. The average Bonchev–Trinajstić information content (AvgIpc) is 2.18. The van der Waals surface area contributed by atoms with Crippen molar-refractivity contribution in [3.8, 4) is 0 Å². The Kier molecular flexibility index (Phi) is 5.28. The van der Waals surface area contributed by atoms with Crippen molar-refractivity contribution in [2.45, 2.75) is 32.7 Å². The highest BCUT2D eigenvalue weighted by Gasteiger charge is 2.29. The molecule has 0 aliphatic heterocycles. The lowest BCUT2D eigenvalue weighted by atomic mass is 10.0. The number of amides is 1. The molecule has 0 bridgehead atoms. The molecule has 0 rings (SSSR count). The van der Waals surface area contributed by atoms with Crippen molar-refractivity contribution in [2.24, 2.45) is 0 Å². The Bertz CT molecular complexity index is 239. The van der Waals surface area contributed by atoms with E-state index in [4.69, 9.17) is 5.11 Å². The van der Waals surface area contributed by atoms with Crippen molar-refractivity contribution in [3.05, 3.63) is 0 Å². The molecule has 0 aromatic heterocycles. The van der Waals surface area contributed by atoms with Gasteiger partial charge < -0.3 is 15.3 Å². The van der Waals surface area contributed by atoms with Gasteiger partial charge in [-0.15, -0.1) is 0 Å². The van der Waals surface area contributed by atoms with Gasteiger partial charge in [0.05, 0.1) is 12.0 Å². The quantitative estimate of drug-likeness (QED) is 0.670. The first-order chi connectivity index (χ1) is 6.85. The van der Waals surface area contributed by atoms with Gasteiger partial charge in [0.15, 0.2) is 0 Å². The second-order valence-corrected chi connectivity index (χ2v) is 3.90. The Labute approximate surface area is 90.5 Å². The summed E-state index contributed by atoms with van der Waals surface area (Å²) in [6, 6.07) is 0. The van der Waals surface area contributed by atoms with Gasteiger partial charge in [0.1, 0.15) is 0 Å². The van der Waals surface area contributed by atoms with E-state index in [2.05, 4.69) is 5.32 Å². The van der Waals surface area contributed by atoms with E-state index >= 15 is 0 Å². The molecule has 0 aliphatic rings. The van der Waals surface area contributed by atoms with Gasteiger partial charge in [0.25, 0.3) is 0 Å². The topological polar surface area (TPSA) is 69.6 Å². The maximum absolute atomic E-state index is 11.9. The van der Waals surface area contributed by atoms with E-state index in [0.717, 1.165) is 0 Å². The van der Waals surface area contributed by atoms with Crippen LogP contribution in [0.15, 0.2) is 0 Å². The van der Waals surface area contributed by atoms with Crippen molar-refractivity contribution in [1.29, 1.82) is 0 Å². The molecule has 0 aromatic carbocycles. The fraction of sp³-hybridized carbons (Fsp3) is 0.800. The average molecular weight is 216 g/mol. The minimum Gasteiger partial charge on any atom is -0.481 e. The van der Waals surface area contributed by atoms with Crippen LogP contribution < -0.4 is 5.32 Å². The van der Waals surface area contributed by atoms with Crippen LogP contribution in [0.2, 0.25) is 0 Å². The number of carbonyl (C=O) groups is 2. The van der Waals surface area contributed by atoms with Gasteiger partial charge in [-0.2, -0.15) is 0 Å². The Morgan fingerprint density at radius 1 is 1.40 bits per heavy atom. The van der Waals surface area contributed by atoms with Crippen molar-refractivity contribution >= 4 is 11.9 Å². The number of aliphatic carboxylic acids is 1. The zero-order valence-electron chi connectivity index (χ0n) is 9.83. The standard InChI is InChI=1S/C10H20N2O3/c1-5-12(7-6-8(13)14)9(15)10(2,3)11-4/h11H,5-7H2,1-4H3,(H,13,14). The molecule has 15 heavy (non-hydrogen) atoms. The number of nitrogens with zero attached hydrogens (tertiary/aromatic N) is 1. The fourth-order valence-corrected chi connectivity index (χ4v) is 1.14. The maximum Gasteiger partial charge on any atom is 0.305 e. The molecule has 0 fully saturated rings. The van der Waals surface area contributed by atoms with Crippen molar-refractivity contribution in [1.82, 2.24) is 10.2 Å². The summed E-state index contributed by atoms with van der Waals surface area (Å²) in [4.78, 5) is 23.9. The summed E-state index contributed by atoms with van der Waals surface area (Å²) >= 11 is 0. The zero-order chi connectivity index (χ0) is 12.1. The normalized spacial score (nSPS) is 11.2.